The molecular weight excluding hydrogens is 284 g/mol. The largest absolute Gasteiger partial charge is 0.462 e. The molecule has 0 fully saturated rings. The van der Waals surface area contributed by atoms with Crippen molar-refractivity contribution in [3.05, 3.63) is 45.6 Å². The summed E-state index contributed by atoms with van der Waals surface area (Å²) in [5.74, 6) is -0.309. The number of anilines is 2. The van der Waals surface area contributed by atoms with Crippen LogP contribution in [-0.2, 0) is 17.7 Å². The molecule has 110 valence electrons. The second-order valence-corrected chi connectivity index (χ2v) is 6.01. The SMILES string of the molecule is CCOC(=O)c1cccc(N)c1N1CCc2sccc2C1. The average Bonchev–Trinajstić information content (AvgIpc) is 2.94. The Morgan fingerprint density at radius 2 is 2.29 bits per heavy atom. The maximum absolute atomic E-state index is 12.2. The van der Waals surface area contributed by atoms with Crippen LogP contribution in [0.3, 0.4) is 0 Å². The molecule has 5 heteroatoms. The van der Waals surface area contributed by atoms with Crippen LogP contribution in [0.25, 0.3) is 0 Å². The van der Waals surface area contributed by atoms with Crippen molar-refractivity contribution in [3.63, 3.8) is 0 Å². The predicted octanol–water partition coefficient (Wildman–Crippen LogP) is 3.07. The van der Waals surface area contributed by atoms with E-state index >= 15 is 0 Å². The molecule has 0 aliphatic carbocycles. The summed E-state index contributed by atoms with van der Waals surface area (Å²) in [6, 6.07) is 7.56. The molecule has 0 radical (unpaired) electrons. The Balaban J connectivity index is 1.97. The number of nitrogens with zero attached hydrogens (tertiary/aromatic N) is 1. The van der Waals surface area contributed by atoms with Crippen LogP contribution in [0.1, 0.15) is 27.7 Å². The highest BCUT2D eigenvalue weighted by molar-refractivity contribution is 7.10. The van der Waals surface area contributed by atoms with Gasteiger partial charge in [-0.3, -0.25) is 0 Å². The number of nitrogens with two attached hydrogens (primary N) is 1. The fourth-order valence-corrected chi connectivity index (χ4v) is 3.62. The Morgan fingerprint density at radius 3 is 3.10 bits per heavy atom. The van der Waals surface area contributed by atoms with Gasteiger partial charge in [0.25, 0.3) is 0 Å². The third-order valence-electron chi connectivity index (χ3n) is 3.69. The van der Waals surface area contributed by atoms with Crippen LogP contribution in [0.5, 0.6) is 0 Å². The number of hydrogen-bond donors (Lipinski definition) is 1. The summed E-state index contributed by atoms with van der Waals surface area (Å²) in [4.78, 5) is 15.8. The molecule has 2 aromatic rings. The fourth-order valence-electron chi connectivity index (χ4n) is 2.73. The van der Waals surface area contributed by atoms with E-state index < -0.39 is 0 Å². The van der Waals surface area contributed by atoms with Gasteiger partial charge in [-0.15, -0.1) is 11.3 Å². The van der Waals surface area contributed by atoms with E-state index in [1.165, 1.54) is 10.4 Å². The number of nitrogen functional groups attached to an aromatic ring is 1. The van der Waals surface area contributed by atoms with Gasteiger partial charge in [0.1, 0.15) is 0 Å². The Hall–Kier alpha value is -2.01. The summed E-state index contributed by atoms with van der Waals surface area (Å²) in [5.41, 5.74) is 9.43. The highest BCUT2D eigenvalue weighted by atomic mass is 32.1. The number of benzene rings is 1. The minimum absolute atomic E-state index is 0.309. The highest BCUT2D eigenvalue weighted by Crippen LogP contribution is 2.34. The number of hydrogen-bond acceptors (Lipinski definition) is 5. The molecule has 0 bridgehead atoms. The molecule has 4 nitrogen and oxygen atoms in total. The Labute approximate surface area is 128 Å². The van der Waals surface area contributed by atoms with Gasteiger partial charge in [-0.1, -0.05) is 6.07 Å². The Kier molecular flexibility index (Phi) is 3.84. The first-order valence-electron chi connectivity index (χ1n) is 7.06. The zero-order valence-corrected chi connectivity index (χ0v) is 12.8. The number of para-hydroxylation sites is 1. The fraction of sp³-hybridized carbons (Fsp3) is 0.312. The zero-order valence-electron chi connectivity index (χ0n) is 12.0. The first-order valence-corrected chi connectivity index (χ1v) is 7.94. The standard InChI is InChI=1S/C16H18N2O2S/c1-2-20-16(19)12-4-3-5-13(17)15(12)18-8-6-14-11(10-18)7-9-21-14/h3-5,7,9H,2,6,8,10,17H2,1H3. The minimum atomic E-state index is -0.309. The summed E-state index contributed by atoms with van der Waals surface area (Å²) >= 11 is 1.80. The van der Waals surface area contributed by atoms with Crippen molar-refractivity contribution in [2.45, 2.75) is 19.9 Å². The molecule has 2 N–H and O–H groups in total. The van der Waals surface area contributed by atoms with Gasteiger partial charge in [-0.2, -0.15) is 0 Å². The van der Waals surface area contributed by atoms with E-state index in [2.05, 4.69) is 16.3 Å². The highest BCUT2D eigenvalue weighted by Gasteiger charge is 2.24. The van der Waals surface area contributed by atoms with E-state index in [-0.39, 0.29) is 5.97 Å². The third kappa shape index (κ3) is 2.61. The lowest BCUT2D eigenvalue weighted by atomic mass is 10.0. The first-order chi connectivity index (χ1) is 10.2. The summed E-state index contributed by atoms with van der Waals surface area (Å²) in [7, 11) is 0. The normalized spacial score (nSPS) is 13.9. The second kappa shape index (κ2) is 5.77. The molecule has 0 amide bonds. The van der Waals surface area contributed by atoms with Crippen LogP contribution in [0.2, 0.25) is 0 Å². The number of ether oxygens (including phenoxy) is 1. The smallest absolute Gasteiger partial charge is 0.340 e. The third-order valence-corrected chi connectivity index (χ3v) is 4.71. The first kappa shape index (κ1) is 13.9. The lowest BCUT2D eigenvalue weighted by Gasteiger charge is -2.31. The van der Waals surface area contributed by atoms with Gasteiger partial charge in [0.2, 0.25) is 0 Å². The van der Waals surface area contributed by atoms with E-state index in [0.29, 0.717) is 17.9 Å². The van der Waals surface area contributed by atoms with Crippen LogP contribution in [-0.4, -0.2) is 19.1 Å². The summed E-state index contributed by atoms with van der Waals surface area (Å²) in [6.07, 6.45) is 0.990. The van der Waals surface area contributed by atoms with Gasteiger partial charge in [-0.05, 0) is 42.5 Å². The van der Waals surface area contributed by atoms with Crippen molar-refractivity contribution in [1.29, 1.82) is 0 Å². The molecule has 0 unspecified atom stereocenters. The lowest BCUT2D eigenvalue weighted by molar-refractivity contribution is 0.0527. The Morgan fingerprint density at radius 1 is 1.43 bits per heavy atom. The molecule has 0 saturated carbocycles. The predicted molar refractivity (Wildman–Crippen MR) is 85.9 cm³/mol. The zero-order chi connectivity index (χ0) is 14.8. The molecule has 0 saturated heterocycles. The molecular formula is C16H18N2O2S. The molecule has 0 atom stereocenters. The van der Waals surface area contributed by atoms with Crippen LogP contribution >= 0.6 is 11.3 Å². The van der Waals surface area contributed by atoms with Gasteiger partial charge < -0.3 is 15.4 Å². The molecule has 0 spiro atoms. The summed E-state index contributed by atoms with van der Waals surface area (Å²) < 4.78 is 5.15. The van der Waals surface area contributed by atoms with Gasteiger partial charge in [0.05, 0.1) is 23.5 Å². The molecule has 1 aromatic carbocycles. The van der Waals surface area contributed by atoms with E-state index in [9.17, 15) is 4.79 Å². The van der Waals surface area contributed by atoms with Crippen LogP contribution in [0.15, 0.2) is 29.6 Å². The summed E-state index contributed by atoms with van der Waals surface area (Å²) in [6.45, 7) is 3.83. The maximum atomic E-state index is 12.2. The molecule has 3 rings (SSSR count). The van der Waals surface area contributed by atoms with Crippen LogP contribution in [0, 0.1) is 0 Å². The van der Waals surface area contributed by atoms with Crippen molar-refractivity contribution in [3.8, 4) is 0 Å². The molecule has 2 heterocycles. The van der Waals surface area contributed by atoms with Crippen molar-refractivity contribution >= 4 is 28.7 Å². The van der Waals surface area contributed by atoms with Gasteiger partial charge in [-0.25, -0.2) is 4.79 Å². The van der Waals surface area contributed by atoms with Crippen molar-refractivity contribution in [2.75, 3.05) is 23.8 Å². The van der Waals surface area contributed by atoms with E-state index in [4.69, 9.17) is 10.5 Å². The average molecular weight is 302 g/mol. The molecule has 21 heavy (non-hydrogen) atoms. The van der Waals surface area contributed by atoms with Gasteiger partial charge in [0.15, 0.2) is 0 Å². The van der Waals surface area contributed by atoms with Crippen LogP contribution in [0.4, 0.5) is 11.4 Å². The van der Waals surface area contributed by atoms with E-state index in [1.54, 1.807) is 23.5 Å². The van der Waals surface area contributed by atoms with Crippen molar-refractivity contribution < 1.29 is 9.53 Å². The second-order valence-electron chi connectivity index (χ2n) is 5.00. The van der Waals surface area contributed by atoms with Gasteiger partial charge in [0, 0.05) is 18.0 Å². The quantitative estimate of drug-likeness (QED) is 0.699. The maximum Gasteiger partial charge on any atom is 0.340 e. The number of thiophene rings is 1. The number of esters is 1. The number of carbonyl (C=O) groups excluding carboxylic acids is 1. The lowest BCUT2D eigenvalue weighted by Crippen LogP contribution is -2.31. The molecule has 1 aliphatic heterocycles. The van der Waals surface area contributed by atoms with E-state index in [0.717, 1.165) is 25.2 Å². The topological polar surface area (TPSA) is 55.6 Å². The molecule has 1 aromatic heterocycles. The number of carbonyl (C=O) groups is 1. The van der Waals surface area contributed by atoms with E-state index in [1.807, 2.05) is 13.0 Å². The number of fused-ring (bicyclic) bond motifs is 1. The summed E-state index contributed by atoms with van der Waals surface area (Å²) in [5, 5.41) is 2.12. The monoisotopic (exact) mass is 302 g/mol. The van der Waals surface area contributed by atoms with Crippen molar-refractivity contribution in [1.82, 2.24) is 0 Å². The molecule has 1 aliphatic rings. The van der Waals surface area contributed by atoms with Gasteiger partial charge >= 0.3 is 5.97 Å². The number of rotatable bonds is 3. The Bertz CT molecular complexity index is 666. The van der Waals surface area contributed by atoms with Crippen LogP contribution < -0.4 is 10.6 Å². The minimum Gasteiger partial charge on any atom is -0.462 e. The van der Waals surface area contributed by atoms with Crippen molar-refractivity contribution in [2.24, 2.45) is 0 Å².